The molecule has 0 aliphatic rings. The van der Waals surface area contributed by atoms with E-state index in [1.807, 2.05) is 13.8 Å². The Morgan fingerprint density at radius 1 is 1.17 bits per heavy atom. The summed E-state index contributed by atoms with van der Waals surface area (Å²) in [6.07, 6.45) is 1.13. The van der Waals surface area contributed by atoms with Crippen molar-refractivity contribution in [3.8, 4) is 5.75 Å². The number of hydrogen-bond donors (Lipinski definition) is 1. The van der Waals surface area contributed by atoms with Crippen LogP contribution in [0.5, 0.6) is 5.75 Å². The molecule has 0 unspecified atom stereocenters. The van der Waals surface area contributed by atoms with Crippen molar-refractivity contribution >= 4 is 15.5 Å². The molecule has 0 aliphatic heterocycles. The van der Waals surface area contributed by atoms with E-state index in [4.69, 9.17) is 4.74 Å². The summed E-state index contributed by atoms with van der Waals surface area (Å²) < 4.78 is 42.5. The fourth-order valence-electron chi connectivity index (χ4n) is 2.33. The molecule has 1 N–H and O–H groups in total. The summed E-state index contributed by atoms with van der Waals surface area (Å²) >= 11 is 0. The van der Waals surface area contributed by atoms with Gasteiger partial charge in [-0.25, -0.2) is 12.8 Å². The zero-order valence-corrected chi connectivity index (χ0v) is 14.4. The minimum Gasteiger partial charge on any atom is -0.495 e. The largest absolute Gasteiger partial charge is 0.495 e. The van der Waals surface area contributed by atoms with Crippen molar-refractivity contribution in [2.75, 3.05) is 18.7 Å². The topological polar surface area (TPSA) is 55.4 Å². The van der Waals surface area contributed by atoms with Gasteiger partial charge in [-0.1, -0.05) is 12.1 Å². The van der Waals surface area contributed by atoms with Crippen molar-refractivity contribution in [2.45, 2.75) is 24.8 Å². The van der Waals surface area contributed by atoms with Gasteiger partial charge in [0.25, 0.3) is 0 Å². The van der Waals surface area contributed by atoms with Crippen LogP contribution < -0.4 is 10.1 Å². The summed E-state index contributed by atoms with van der Waals surface area (Å²) in [6.45, 7) is 3.76. The summed E-state index contributed by atoms with van der Waals surface area (Å²) in [7, 11) is -1.94. The highest BCUT2D eigenvalue weighted by molar-refractivity contribution is 7.90. The van der Waals surface area contributed by atoms with Crippen LogP contribution in [0.4, 0.5) is 10.1 Å². The van der Waals surface area contributed by atoms with E-state index in [2.05, 4.69) is 5.32 Å². The fourth-order valence-corrected chi connectivity index (χ4v) is 3.15. The Labute approximate surface area is 136 Å². The first-order chi connectivity index (χ1) is 10.7. The first kappa shape index (κ1) is 17.3. The lowest BCUT2D eigenvalue weighted by Gasteiger charge is -2.18. The van der Waals surface area contributed by atoms with E-state index in [0.29, 0.717) is 5.69 Å². The Morgan fingerprint density at radius 3 is 2.48 bits per heavy atom. The molecule has 2 aromatic rings. The number of methoxy groups -OCH3 is 1. The number of benzene rings is 2. The number of rotatable bonds is 5. The van der Waals surface area contributed by atoms with Crippen LogP contribution in [-0.4, -0.2) is 21.8 Å². The molecule has 0 saturated heterocycles. The zero-order valence-electron chi connectivity index (χ0n) is 13.6. The van der Waals surface area contributed by atoms with Crippen molar-refractivity contribution < 1.29 is 17.5 Å². The lowest BCUT2D eigenvalue weighted by Crippen LogP contribution is -2.09. The van der Waals surface area contributed by atoms with Crippen molar-refractivity contribution in [1.29, 1.82) is 0 Å². The normalized spacial score (nSPS) is 12.7. The van der Waals surface area contributed by atoms with E-state index in [1.165, 1.54) is 19.2 Å². The highest BCUT2D eigenvalue weighted by Gasteiger charge is 2.17. The van der Waals surface area contributed by atoms with Gasteiger partial charge in [0.1, 0.15) is 16.5 Å². The maximum Gasteiger partial charge on any atom is 0.179 e. The number of anilines is 1. The minimum absolute atomic E-state index is 0.137. The van der Waals surface area contributed by atoms with E-state index >= 15 is 0 Å². The van der Waals surface area contributed by atoms with Gasteiger partial charge in [0, 0.05) is 12.3 Å². The zero-order chi connectivity index (χ0) is 17.2. The van der Waals surface area contributed by atoms with Crippen molar-refractivity contribution in [1.82, 2.24) is 0 Å². The number of sulfone groups is 1. The first-order valence-corrected chi connectivity index (χ1v) is 9.02. The molecular formula is C17H20FNO3S. The second-order valence-electron chi connectivity index (χ2n) is 5.53. The molecular weight excluding hydrogens is 317 g/mol. The van der Waals surface area contributed by atoms with Gasteiger partial charge < -0.3 is 10.1 Å². The van der Waals surface area contributed by atoms with Gasteiger partial charge in [0.15, 0.2) is 9.84 Å². The molecule has 124 valence electrons. The first-order valence-electron chi connectivity index (χ1n) is 7.13. The minimum atomic E-state index is -3.36. The van der Waals surface area contributed by atoms with Crippen molar-refractivity contribution in [2.24, 2.45) is 0 Å². The molecule has 2 rings (SSSR count). The molecule has 0 radical (unpaired) electrons. The van der Waals surface area contributed by atoms with Gasteiger partial charge in [-0.15, -0.1) is 0 Å². The summed E-state index contributed by atoms with van der Waals surface area (Å²) in [4.78, 5) is 0.137. The second kappa shape index (κ2) is 6.58. The Hall–Kier alpha value is -2.08. The van der Waals surface area contributed by atoms with Crippen LogP contribution in [0.25, 0.3) is 0 Å². The molecule has 6 heteroatoms. The SMILES string of the molecule is COc1cc([C@@H](C)Nc2cc(C)ccc2F)ccc1S(C)(=O)=O. The molecule has 0 aromatic heterocycles. The third-order valence-corrected chi connectivity index (χ3v) is 4.72. The summed E-state index contributed by atoms with van der Waals surface area (Å²) in [5, 5.41) is 3.10. The van der Waals surface area contributed by atoms with Crippen LogP contribution in [0.15, 0.2) is 41.3 Å². The van der Waals surface area contributed by atoms with Gasteiger partial charge in [0.2, 0.25) is 0 Å². The van der Waals surface area contributed by atoms with Crippen LogP contribution in [0, 0.1) is 12.7 Å². The maximum atomic E-state index is 13.8. The van der Waals surface area contributed by atoms with Gasteiger partial charge in [-0.05, 0) is 49.2 Å². The monoisotopic (exact) mass is 337 g/mol. The Kier molecular flexibility index (Phi) is 4.94. The van der Waals surface area contributed by atoms with E-state index in [1.54, 1.807) is 24.3 Å². The highest BCUT2D eigenvalue weighted by atomic mass is 32.2. The third kappa shape index (κ3) is 4.01. The Morgan fingerprint density at radius 2 is 1.87 bits per heavy atom. The molecule has 2 aromatic carbocycles. The van der Waals surface area contributed by atoms with Crippen molar-refractivity contribution in [3.05, 3.63) is 53.3 Å². The van der Waals surface area contributed by atoms with E-state index in [9.17, 15) is 12.8 Å². The lowest BCUT2D eigenvalue weighted by atomic mass is 10.1. The highest BCUT2D eigenvalue weighted by Crippen LogP contribution is 2.29. The van der Waals surface area contributed by atoms with Crippen LogP contribution in [0.3, 0.4) is 0 Å². The van der Waals surface area contributed by atoms with Crippen LogP contribution in [0.1, 0.15) is 24.1 Å². The van der Waals surface area contributed by atoms with Crippen LogP contribution >= 0.6 is 0 Å². The smallest absolute Gasteiger partial charge is 0.179 e. The maximum absolute atomic E-state index is 13.8. The number of halogens is 1. The Balaban J connectivity index is 2.33. The summed E-state index contributed by atoms with van der Waals surface area (Å²) in [5.74, 6) is -0.0504. The third-order valence-electron chi connectivity index (χ3n) is 3.58. The summed E-state index contributed by atoms with van der Waals surface area (Å²) in [6, 6.07) is 9.50. The molecule has 0 amide bonds. The quantitative estimate of drug-likeness (QED) is 0.903. The Bertz CT molecular complexity index is 819. The number of nitrogens with one attached hydrogen (secondary N) is 1. The second-order valence-corrected chi connectivity index (χ2v) is 7.52. The van der Waals surface area contributed by atoms with Crippen LogP contribution in [0.2, 0.25) is 0 Å². The van der Waals surface area contributed by atoms with Gasteiger partial charge in [-0.2, -0.15) is 0 Å². The fraction of sp³-hybridized carbons (Fsp3) is 0.294. The number of hydrogen-bond acceptors (Lipinski definition) is 4. The molecule has 0 saturated carbocycles. The average molecular weight is 337 g/mol. The van der Waals surface area contributed by atoms with Gasteiger partial charge in [-0.3, -0.25) is 0 Å². The molecule has 0 heterocycles. The van der Waals surface area contributed by atoms with E-state index < -0.39 is 9.84 Å². The van der Waals surface area contributed by atoms with Gasteiger partial charge in [0.05, 0.1) is 12.8 Å². The average Bonchev–Trinajstić information content (AvgIpc) is 2.49. The molecule has 0 aliphatic carbocycles. The molecule has 23 heavy (non-hydrogen) atoms. The van der Waals surface area contributed by atoms with Gasteiger partial charge >= 0.3 is 0 Å². The standard InChI is InChI=1S/C17H20FNO3S/c1-11-5-7-14(18)15(9-11)19-12(2)13-6-8-17(23(4,20)21)16(10-13)22-3/h5-10,12,19H,1-4H3/t12-/m1/s1. The lowest BCUT2D eigenvalue weighted by molar-refractivity contribution is 0.402. The number of ether oxygens (including phenoxy) is 1. The molecule has 0 fully saturated rings. The summed E-state index contributed by atoms with van der Waals surface area (Å²) in [5.41, 5.74) is 2.16. The predicted molar refractivity (Wildman–Crippen MR) is 89.3 cm³/mol. The van der Waals surface area contributed by atoms with Crippen molar-refractivity contribution in [3.63, 3.8) is 0 Å². The molecule has 1 atom stereocenters. The predicted octanol–water partition coefficient (Wildman–Crippen LogP) is 3.72. The number of aryl methyl sites for hydroxylation is 1. The molecule has 0 bridgehead atoms. The molecule has 4 nitrogen and oxygen atoms in total. The van der Waals surface area contributed by atoms with Crippen LogP contribution in [-0.2, 0) is 9.84 Å². The molecule has 0 spiro atoms. The van der Waals surface area contributed by atoms with E-state index in [-0.39, 0.29) is 22.5 Å². The van der Waals surface area contributed by atoms with E-state index in [0.717, 1.165) is 17.4 Å².